The number of nitrogens with one attached hydrogen (secondary N) is 1. The predicted octanol–water partition coefficient (Wildman–Crippen LogP) is 1.52. The van der Waals surface area contributed by atoms with E-state index in [-0.39, 0.29) is 0 Å². The van der Waals surface area contributed by atoms with Crippen molar-refractivity contribution in [3.05, 3.63) is 18.2 Å². The molecule has 3 N–H and O–H groups in total. The normalized spacial score (nSPS) is 20.8. The quantitative estimate of drug-likeness (QED) is 0.590. The van der Waals surface area contributed by atoms with E-state index in [0.29, 0.717) is 6.04 Å². The molecule has 1 aliphatic rings. The average molecular weight is 177 g/mol. The van der Waals surface area contributed by atoms with Crippen molar-refractivity contribution >= 4 is 17.1 Å². The molecule has 0 bridgehead atoms. The van der Waals surface area contributed by atoms with Crippen LogP contribution in [0.15, 0.2) is 18.2 Å². The number of anilines is 3. The van der Waals surface area contributed by atoms with Gasteiger partial charge in [-0.2, -0.15) is 0 Å². The third-order valence-electron chi connectivity index (χ3n) is 2.67. The van der Waals surface area contributed by atoms with E-state index in [1.807, 2.05) is 12.1 Å². The highest BCUT2D eigenvalue weighted by molar-refractivity contribution is 5.83. The summed E-state index contributed by atoms with van der Waals surface area (Å²) in [7, 11) is 2.08. The van der Waals surface area contributed by atoms with Crippen LogP contribution in [-0.4, -0.2) is 19.6 Å². The van der Waals surface area contributed by atoms with E-state index < -0.39 is 0 Å². The highest BCUT2D eigenvalue weighted by Gasteiger charge is 2.20. The van der Waals surface area contributed by atoms with Gasteiger partial charge in [0.05, 0.1) is 17.1 Å². The Bertz CT molecular complexity index is 322. The summed E-state index contributed by atoms with van der Waals surface area (Å²) >= 11 is 0. The molecule has 0 aromatic heterocycles. The summed E-state index contributed by atoms with van der Waals surface area (Å²) in [5.74, 6) is 0. The van der Waals surface area contributed by atoms with Crippen LogP contribution in [0.2, 0.25) is 0 Å². The summed E-state index contributed by atoms with van der Waals surface area (Å²) in [6.07, 6.45) is 0. The maximum atomic E-state index is 5.91. The van der Waals surface area contributed by atoms with Gasteiger partial charge in [-0.25, -0.2) is 0 Å². The summed E-state index contributed by atoms with van der Waals surface area (Å²) in [6, 6.07) is 6.48. The smallest absolute Gasteiger partial charge is 0.0835 e. The lowest BCUT2D eigenvalue weighted by Gasteiger charge is -2.35. The summed E-state index contributed by atoms with van der Waals surface area (Å²) in [5, 5.41) is 3.36. The Labute approximate surface area is 78.5 Å². The zero-order chi connectivity index (χ0) is 9.42. The van der Waals surface area contributed by atoms with Gasteiger partial charge >= 0.3 is 0 Å². The lowest BCUT2D eigenvalue weighted by Crippen LogP contribution is -2.39. The summed E-state index contributed by atoms with van der Waals surface area (Å²) in [4.78, 5) is 2.22. The molecule has 3 nitrogen and oxygen atoms in total. The van der Waals surface area contributed by atoms with Crippen LogP contribution in [0.1, 0.15) is 6.92 Å². The molecule has 0 saturated carbocycles. The van der Waals surface area contributed by atoms with Crippen LogP contribution in [0.4, 0.5) is 17.1 Å². The number of nitrogens with zero attached hydrogens (tertiary/aromatic N) is 1. The molecule has 13 heavy (non-hydrogen) atoms. The Morgan fingerprint density at radius 1 is 1.54 bits per heavy atom. The number of para-hydroxylation sites is 1. The van der Waals surface area contributed by atoms with Crippen LogP contribution in [0.3, 0.4) is 0 Å². The van der Waals surface area contributed by atoms with Crippen LogP contribution in [0.25, 0.3) is 0 Å². The molecule has 0 saturated heterocycles. The first kappa shape index (κ1) is 8.23. The Balaban J connectivity index is 2.51. The Morgan fingerprint density at radius 2 is 2.31 bits per heavy atom. The van der Waals surface area contributed by atoms with Gasteiger partial charge in [0.15, 0.2) is 0 Å². The topological polar surface area (TPSA) is 41.3 Å². The molecule has 70 valence electrons. The molecule has 0 amide bonds. The summed E-state index contributed by atoms with van der Waals surface area (Å²) in [5.41, 5.74) is 9.02. The SMILES string of the molecule is CC1CNc2cccc(N)c2N1C. The maximum Gasteiger partial charge on any atom is 0.0835 e. The minimum absolute atomic E-state index is 0.497. The number of hydrogen-bond donors (Lipinski definition) is 2. The van der Waals surface area contributed by atoms with Crippen LogP contribution >= 0.6 is 0 Å². The molecule has 2 rings (SSSR count). The molecule has 1 aromatic carbocycles. The van der Waals surface area contributed by atoms with Crippen LogP contribution < -0.4 is 16.0 Å². The standard InChI is InChI=1S/C10H15N3/c1-7-6-12-9-5-3-4-8(11)10(9)13(7)2/h3-5,7,12H,6,11H2,1-2H3. The minimum atomic E-state index is 0.497. The molecule has 1 aromatic rings. The second kappa shape index (κ2) is 2.83. The molecule has 0 aliphatic carbocycles. The van der Waals surface area contributed by atoms with Crippen molar-refractivity contribution in [3.63, 3.8) is 0 Å². The monoisotopic (exact) mass is 177 g/mol. The molecular formula is C10H15N3. The van der Waals surface area contributed by atoms with E-state index in [0.717, 1.165) is 23.6 Å². The Morgan fingerprint density at radius 3 is 3.08 bits per heavy atom. The van der Waals surface area contributed by atoms with Crippen molar-refractivity contribution in [1.29, 1.82) is 0 Å². The molecule has 0 radical (unpaired) electrons. The van der Waals surface area contributed by atoms with Gasteiger partial charge in [-0.3, -0.25) is 0 Å². The first-order valence-corrected chi connectivity index (χ1v) is 4.55. The summed E-state index contributed by atoms with van der Waals surface area (Å²) < 4.78 is 0. The zero-order valence-electron chi connectivity index (χ0n) is 8.04. The molecule has 0 spiro atoms. The van der Waals surface area contributed by atoms with Gasteiger partial charge in [0.2, 0.25) is 0 Å². The van der Waals surface area contributed by atoms with E-state index in [1.165, 1.54) is 0 Å². The van der Waals surface area contributed by atoms with Crippen LogP contribution in [0, 0.1) is 0 Å². The Hall–Kier alpha value is -1.38. The van der Waals surface area contributed by atoms with Gasteiger partial charge < -0.3 is 16.0 Å². The van der Waals surface area contributed by atoms with Crippen molar-refractivity contribution in [2.24, 2.45) is 0 Å². The minimum Gasteiger partial charge on any atom is -0.397 e. The van der Waals surface area contributed by atoms with Crippen molar-refractivity contribution in [3.8, 4) is 0 Å². The van der Waals surface area contributed by atoms with Crippen molar-refractivity contribution < 1.29 is 0 Å². The number of nitrogen functional groups attached to an aromatic ring is 1. The fraction of sp³-hybridized carbons (Fsp3) is 0.400. The third kappa shape index (κ3) is 1.20. The molecule has 1 aliphatic heterocycles. The highest BCUT2D eigenvalue weighted by atomic mass is 15.2. The third-order valence-corrected chi connectivity index (χ3v) is 2.67. The Kier molecular flexibility index (Phi) is 1.79. The zero-order valence-corrected chi connectivity index (χ0v) is 8.04. The van der Waals surface area contributed by atoms with E-state index in [4.69, 9.17) is 5.73 Å². The second-order valence-electron chi connectivity index (χ2n) is 3.58. The highest BCUT2D eigenvalue weighted by Crippen LogP contribution is 2.35. The maximum absolute atomic E-state index is 5.91. The molecular weight excluding hydrogens is 162 g/mol. The lowest BCUT2D eigenvalue weighted by molar-refractivity contribution is 0.700. The fourth-order valence-corrected chi connectivity index (χ4v) is 1.71. The fourth-order valence-electron chi connectivity index (χ4n) is 1.71. The van der Waals surface area contributed by atoms with Crippen LogP contribution in [0.5, 0.6) is 0 Å². The van der Waals surface area contributed by atoms with Gasteiger partial charge in [-0.1, -0.05) is 6.07 Å². The number of nitrogens with two attached hydrogens (primary N) is 1. The van der Waals surface area contributed by atoms with E-state index in [1.54, 1.807) is 0 Å². The first-order chi connectivity index (χ1) is 6.20. The van der Waals surface area contributed by atoms with Gasteiger partial charge in [-0.05, 0) is 19.1 Å². The molecule has 1 atom stereocenters. The average Bonchev–Trinajstić information content (AvgIpc) is 2.12. The predicted molar refractivity (Wildman–Crippen MR) is 57.2 cm³/mol. The molecule has 0 fully saturated rings. The number of rotatable bonds is 0. The largest absolute Gasteiger partial charge is 0.397 e. The van der Waals surface area contributed by atoms with E-state index in [9.17, 15) is 0 Å². The van der Waals surface area contributed by atoms with Crippen LogP contribution in [-0.2, 0) is 0 Å². The number of hydrogen-bond acceptors (Lipinski definition) is 3. The molecule has 1 unspecified atom stereocenters. The van der Waals surface area contributed by atoms with Gasteiger partial charge in [0, 0.05) is 19.6 Å². The van der Waals surface area contributed by atoms with Crippen molar-refractivity contribution in [2.75, 3.05) is 29.5 Å². The van der Waals surface area contributed by atoms with Crippen molar-refractivity contribution in [1.82, 2.24) is 0 Å². The lowest BCUT2D eigenvalue weighted by atomic mass is 10.1. The summed E-state index contributed by atoms with van der Waals surface area (Å²) in [6.45, 7) is 3.16. The number of likely N-dealkylation sites (N-methyl/N-ethyl adjacent to an activating group) is 1. The number of benzene rings is 1. The van der Waals surface area contributed by atoms with Gasteiger partial charge in [0.1, 0.15) is 0 Å². The van der Waals surface area contributed by atoms with Gasteiger partial charge in [-0.15, -0.1) is 0 Å². The van der Waals surface area contributed by atoms with Gasteiger partial charge in [0.25, 0.3) is 0 Å². The molecule has 3 heteroatoms. The second-order valence-corrected chi connectivity index (χ2v) is 3.58. The van der Waals surface area contributed by atoms with E-state index in [2.05, 4.69) is 30.3 Å². The van der Waals surface area contributed by atoms with E-state index >= 15 is 0 Å². The molecule has 1 heterocycles. The first-order valence-electron chi connectivity index (χ1n) is 4.55. The van der Waals surface area contributed by atoms with Crippen molar-refractivity contribution in [2.45, 2.75) is 13.0 Å². The number of fused-ring (bicyclic) bond motifs is 1.